The number of likely N-dealkylation sites (N-methyl/N-ethyl adjacent to an activating group) is 1. The lowest BCUT2D eigenvalue weighted by Crippen LogP contribution is -2.27. The van der Waals surface area contributed by atoms with Crippen molar-refractivity contribution in [3.8, 4) is 0 Å². The molecule has 2 aromatic heterocycles. The third kappa shape index (κ3) is 2.75. The lowest BCUT2D eigenvalue weighted by Gasteiger charge is -2.27. The van der Waals surface area contributed by atoms with Gasteiger partial charge in [0.2, 0.25) is 0 Å². The number of anilines is 1. The molecule has 3 nitrogen and oxygen atoms in total. The second-order valence-corrected chi connectivity index (χ2v) is 6.44. The van der Waals surface area contributed by atoms with Gasteiger partial charge in [-0.2, -0.15) is 0 Å². The van der Waals surface area contributed by atoms with E-state index in [0.29, 0.717) is 0 Å². The topological polar surface area (TPSA) is 29.0 Å². The summed E-state index contributed by atoms with van der Waals surface area (Å²) in [5, 5.41) is 1.30. The number of pyridine rings is 2. The summed E-state index contributed by atoms with van der Waals surface area (Å²) in [6.45, 7) is 4.30. The van der Waals surface area contributed by atoms with E-state index >= 15 is 0 Å². The maximum Gasteiger partial charge on any atom is 0.0726 e. The van der Waals surface area contributed by atoms with Crippen LogP contribution in [0.15, 0.2) is 48.8 Å². The molecule has 0 fully saturated rings. The maximum absolute atomic E-state index is 4.92. The first-order chi connectivity index (χ1) is 11.9. The highest BCUT2D eigenvalue weighted by Gasteiger charge is 2.22. The molecule has 0 saturated heterocycles. The molecule has 122 valence electrons. The van der Waals surface area contributed by atoms with Gasteiger partial charge in [0.25, 0.3) is 0 Å². The average Bonchev–Trinajstić information content (AvgIpc) is 3.10. The molecular weight excluding hydrogens is 294 g/mol. The molecule has 4 rings (SSSR count). The quantitative estimate of drug-likeness (QED) is 0.706. The molecule has 0 unspecified atom stereocenters. The van der Waals surface area contributed by atoms with E-state index in [-0.39, 0.29) is 0 Å². The smallest absolute Gasteiger partial charge is 0.0726 e. The Morgan fingerprint density at radius 1 is 1.04 bits per heavy atom. The van der Waals surface area contributed by atoms with Gasteiger partial charge in [-0.1, -0.05) is 18.2 Å². The van der Waals surface area contributed by atoms with Gasteiger partial charge in [0.1, 0.15) is 0 Å². The van der Waals surface area contributed by atoms with Gasteiger partial charge in [-0.15, -0.1) is 0 Å². The third-order valence-corrected chi connectivity index (χ3v) is 5.01. The Balaban J connectivity index is 1.73. The van der Waals surface area contributed by atoms with Crippen LogP contribution in [0.5, 0.6) is 0 Å². The zero-order valence-corrected chi connectivity index (χ0v) is 14.2. The number of aryl methyl sites for hydroxylation is 1. The van der Waals surface area contributed by atoms with Crippen LogP contribution in [0.2, 0.25) is 0 Å². The van der Waals surface area contributed by atoms with Crippen LogP contribution in [-0.2, 0) is 19.3 Å². The maximum atomic E-state index is 4.92. The Hall–Kier alpha value is -2.42. The zero-order valence-electron chi connectivity index (χ0n) is 14.2. The Bertz CT molecular complexity index is 842. The molecule has 3 aromatic rings. The molecule has 0 bridgehead atoms. The minimum atomic E-state index is 1.02. The van der Waals surface area contributed by atoms with Gasteiger partial charge < -0.3 is 4.90 Å². The molecule has 3 heteroatoms. The molecule has 0 N–H and O–H groups in total. The van der Waals surface area contributed by atoms with Crippen molar-refractivity contribution in [3.05, 3.63) is 65.6 Å². The number of aromatic nitrogens is 2. The minimum Gasteiger partial charge on any atom is -0.371 e. The second kappa shape index (κ2) is 6.60. The molecule has 1 aromatic carbocycles. The van der Waals surface area contributed by atoms with Crippen LogP contribution in [-0.4, -0.2) is 23.1 Å². The normalized spacial score (nSPS) is 13.2. The summed E-state index contributed by atoms with van der Waals surface area (Å²) in [7, 11) is 0. The van der Waals surface area contributed by atoms with E-state index in [1.165, 1.54) is 34.3 Å². The number of para-hydroxylation sites is 1. The fourth-order valence-electron chi connectivity index (χ4n) is 3.79. The molecule has 2 heterocycles. The third-order valence-electron chi connectivity index (χ3n) is 5.01. The van der Waals surface area contributed by atoms with Crippen molar-refractivity contribution >= 4 is 16.6 Å². The van der Waals surface area contributed by atoms with Crippen LogP contribution in [0.3, 0.4) is 0 Å². The van der Waals surface area contributed by atoms with E-state index in [1.54, 1.807) is 0 Å². The van der Waals surface area contributed by atoms with Gasteiger partial charge in [-0.05, 0) is 61.9 Å². The largest absolute Gasteiger partial charge is 0.371 e. The monoisotopic (exact) mass is 317 g/mol. The van der Waals surface area contributed by atoms with Crippen molar-refractivity contribution < 1.29 is 0 Å². The van der Waals surface area contributed by atoms with Crippen molar-refractivity contribution in [2.45, 2.75) is 32.6 Å². The molecule has 0 radical (unpaired) electrons. The van der Waals surface area contributed by atoms with Crippen LogP contribution in [0.4, 0.5) is 5.69 Å². The van der Waals surface area contributed by atoms with Gasteiger partial charge in [0.15, 0.2) is 0 Å². The highest BCUT2D eigenvalue weighted by atomic mass is 15.1. The standard InChI is InChI=1S/C21H23N3/c1-2-24(15-12-16-10-13-22-14-11-16)21-17-6-3-4-8-19(17)23-20-9-5-7-18(20)21/h3-4,6,8,10-11,13-14H,2,5,7,9,12,15H2,1H3. The van der Waals surface area contributed by atoms with Crippen LogP contribution in [0.1, 0.15) is 30.2 Å². The Labute approximate surface area is 143 Å². The Morgan fingerprint density at radius 3 is 2.71 bits per heavy atom. The molecule has 0 amide bonds. The van der Waals surface area contributed by atoms with Gasteiger partial charge in [0.05, 0.1) is 11.2 Å². The summed E-state index contributed by atoms with van der Waals surface area (Å²) in [6, 6.07) is 12.8. The summed E-state index contributed by atoms with van der Waals surface area (Å²) in [6.07, 6.45) is 8.31. The van der Waals surface area contributed by atoms with Crippen LogP contribution >= 0.6 is 0 Å². The first-order valence-electron chi connectivity index (χ1n) is 8.91. The highest BCUT2D eigenvalue weighted by Crippen LogP contribution is 2.36. The number of hydrogen-bond acceptors (Lipinski definition) is 3. The first kappa shape index (κ1) is 15.1. The SMILES string of the molecule is CCN(CCc1ccncc1)c1c2c(nc3ccccc13)CCC2. The van der Waals surface area contributed by atoms with E-state index in [2.05, 4.69) is 53.2 Å². The first-order valence-corrected chi connectivity index (χ1v) is 8.91. The number of benzene rings is 1. The summed E-state index contributed by atoms with van der Waals surface area (Å²) in [5.41, 5.74) is 6.69. The number of hydrogen-bond donors (Lipinski definition) is 0. The average molecular weight is 317 g/mol. The molecule has 0 saturated carbocycles. The molecule has 0 aliphatic heterocycles. The molecule has 1 aliphatic rings. The summed E-state index contributed by atoms with van der Waals surface area (Å²) in [4.78, 5) is 11.6. The second-order valence-electron chi connectivity index (χ2n) is 6.44. The van der Waals surface area contributed by atoms with E-state index in [1.807, 2.05) is 12.4 Å². The van der Waals surface area contributed by atoms with Crippen molar-refractivity contribution in [2.24, 2.45) is 0 Å². The molecular formula is C21H23N3. The lowest BCUT2D eigenvalue weighted by atomic mass is 10.0. The Kier molecular flexibility index (Phi) is 4.16. The molecule has 0 spiro atoms. The predicted molar refractivity (Wildman–Crippen MR) is 99.6 cm³/mol. The van der Waals surface area contributed by atoms with Gasteiger partial charge in [-0.3, -0.25) is 9.97 Å². The Morgan fingerprint density at radius 2 is 1.88 bits per heavy atom. The summed E-state index contributed by atoms with van der Waals surface area (Å²) >= 11 is 0. The van der Waals surface area contributed by atoms with E-state index in [4.69, 9.17) is 4.98 Å². The van der Waals surface area contributed by atoms with Gasteiger partial charge in [-0.25, -0.2) is 0 Å². The van der Waals surface area contributed by atoms with Crippen LogP contribution in [0, 0.1) is 0 Å². The van der Waals surface area contributed by atoms with E-state index in [9.17, 15) is 0 Å². The number of rotatable bonds is 5. The van der Waals surface area contributed by atoms with Crippen LogP contribution < -0.4 is 4.90 Å². The van der Waals surface area contributed by atoms with Crippen molar-refractivity contribution in [1.82, 2.24) is 9.97 Å². The zero-order chi connectivity index (χ0) is 16.4. The number of nitrogens with zero attached hydrogens (tertiary/aromatic N) is 3. The molecule has 0 atom stereocenters. The predicted octanol–water partition coefficient (Wildman–Crippen LogP) is 4.19. The minimum absolute atomic E-state index is 1.02. The van der Waals surface area contributed by atoms with Crippen molar-refractivity contribution in [2.75, 3.05) is 18.0 Å². The van der Waals surface area contributed by atoms with Crippen LogP contribution in [0.25, 0.3) is 10.9 Å². The van der Waals surface area contributed by atoms with E-state index < -0.39 is 0 Å². The van der Waals surface area contributed by atoms with Crippen molar-refractivity contribution in [3.63, 3.8) is 0 Å². The van der Waals surface area contributed by atoms with Gasteiger partial charge in [0, 0.05) is 36.6 Å². The summed E-state index contributed by atoms with van der Waals surface area (Å²) < 4.78 is 0. The molecule has 1 aliphatic carbocycles. The fourth-order valence-corrected chi connectivity index (χ4v) is 3.79. The summed E-state index contributed by atoms with van der Waals surface area (Å²) in [5.74, 6) is 0. The number of fused-ring (bicyclic) bond motifs is 2. The van der Waals surface area contributed by atoms with Crippen molar-refractivity contribution in [1.29, 1.82) is 0 Å². The fraction of sp³-hybridized carbons (Fsp3) is 0.333. The van der Waals surface area contributed by atoms with E-state index in [0.717, 1.165) is 37.9 Å². The lowest BCUT2D eigenvalue weighted by molar-refractivity contribution is 0.803. The van der Waals surface area contributed by atoms with Gasteiger partial charge >= 0.3 is 0 Å². The highest BCUT2D eigenvalue weighted by molar-refractivity contribution is 5.94. The molecule has 24 heavy (non-hydrogen) atoms.